The summed E-state index contributed by atoms with van der Waals surface area (Å²) < 4.78 is 17.2. The number of rotatable bonds is 5. The van der Waals surface area contributed by atoms with Gasteiger partial charge in [0.15, 0.2) is 11.5 Å². The Morgan fingerprint density at radius 2 is 1.95 bits per heavy atom. The van der Waals surface area contributed by atoms with Gasteiger partial charge in [0.05, 0.1) is 0 Å². The summed E-state index contributed by atoms with van der Waals surface area (Å²) in [5, 5.41) is 3.71. The summed E-state index contributed by atoms with van der Waals surface area (Å²) in [5.74, 6) is 2.42. The van der Waals surface area contributed by atoms with Crippen molar-refractivity contribution < 1.29 is 14.2 Å². The number of fused-ring (bicyclic) bond motifs is 1. The van der Waals surface area contributed by atoms with E-state index >= 15 is 0 Å². The summed E-state index contributed by atoms with van der Waals surface area (Å²) in [7, 11) is 0. The van der Waals surface area contributed by atoms with Gasteiger partial charge < -0.3 is 19.5 Å². The Bertz CT molecular complexity index is 457. The molecule has 0 amide bonds. The highest BCUT2D eigenvalue weighted by atomic mass is 16.6. The molecule has 0 radical (unpaired) electrons. The van der Waals surface area contributed by atoms with Crippen LogP contribution in [0.5, 0.6) is 11.5 Å². The summed E-state index contributed by atoms with van der Waals surface area (Å²) in [6.45, 7) is 6.22. The SMILES string of the molecule is CCCNC(c1cccc2c1OCCO2)C1CCOCC1. The Labute approximate surface area is 126 Å². The van der Waals surface area contributed by atoms with Crippen LogP contribution in [-0.4, -0.2) is 33.0 Å². The minimum absolute atomic E-state index is 0.325. The maximum Gasteiger partial charge on any atom is 0.166 e. The molecule has 2 aliphatic heterocycles. The van der Waals surface area contributed by atoms with Crippen molar-refractivity contribution in [1.29, 1.82) is 0 Å². The normalized spacial score (nSPS) is 20.2. The number of hydrogen-bond acceptors (Lipinski definition) is 4. The fraction of sp³-hybridized carbons (Fsp3) is 0.647. The zero-order valence-corrected chi connectivity index (χ0v) is 12.8. The number of ether oxygens (including phenoxy) is 3. The average molecular weight is 291 g/mol. The summed E-state index contributed by atoms with van der Waals surface area (Å²) >= 11 is 0. The van der Waals surface area contributed by atoms with Gasteiger partial charge in [-0.15, -0.1) is 0 Å². The second-order valence-corrected chi connectivity index (χ2v) is 5.75. The van der Waals surface area contributed by atoms with Crippen LogP contribution in [0, 0.1) is 5.92 Å². The zero-order chi connectivity index (χ0) is 14.5. The van der Waals surface area contributed by atoms with Gasteiger partial charge in [0.1, 0.15) is 13.2 Å². The molecular weight excluding hydrogens is 266 g/mol. The first kappa shape index (κ1) is 14.7. The van der Waals surface area contributed by atoms with Crippen molar-refractivity contribution in [2.45, 2.75) is 32.2 Å². The molecule has 21 heavy (non-hydrogen) atoms. The molecule has 2 aliphatic rings. The average Bonchev–Trinajstić information content (AvgIpc) is 2.56. The molecule has 0 spiro atoms. The Kier molecular flexibility index (Phi) is 4.99. The highest BCUT2D eigenvalue weighted by Crippen LogP contribution is 2.41. The van der Waals surface area contributed by atoms with Crippen LogP contribution >= 0.6 is 0 Å². The molecule has 1 aromatic rings. The van der Waals surface area contributed by atoms with Gasteiger partial charge in [0.2, 0.25) is 0 Å². The third-order valence-corrected chi connectivity index (χ3v) is 4.28. The first-order chi connectivity index (χ1) is 10.4. The maximum atomic E-state index is 5.91. The third-order valence-electron chi connectivity index (χ3n) is 4.28. The fourth-order valence-electron chi connectivity index (χ4n) is 3.22. The molecule has 0 aromatic heterocycles. The molecule has 0 saturated carbocycles. The van der Waals surface area contributed by atoms with Crippen molar-refractivity contribution >= 4 is 0 Å². The third kappa shape index (κ3) is 3.33. The van der Waals surface area contributed by atoms with Crippen LogP contribution in [0.2, 0.25) is 0 Å². The molecule has 3 rings (SSSR count). The highest BCUT2D eigenvalue weighted by molar-refractivity contribution is 5.49. The van der Waals surface area contributed by atoms with Crippen LogP contribution in [-0.2, 0) is 4.74 Å². The standard InChI is InChI=1S/C17H25NO3/c1-2-8-18-16(13-6-9-19-10-7-13)14-4-3-5-15-17(14)21-12-11-20-15/h3-5,13,16,18H,2,6-12H2,1H3. The van der Waals surface area contributed by atoms with Gasteiger partial charge in [-0.3, -0.25) is 0 Å². The van der Waals surface area contributed by atoms with E-state index in [9.17, 15) is 0 Å². The smallest absolute Gasteiger partial charge is 0.166 e. The number of benzene rings is 1. The van der Waals surface area contributed by atoms with E-state index in [1.54, 1.807) is 0 Å². The van der Waals surface area contributed by atoms with E-state index in [-0.39, 0.29) is 0 Å². The quantitative estimate of drug-likeness (QED) is 0.905. The summed E-state index contributed by atoms with van der Waals surface area (Å²) in [4.78, 5) is 0. The molecule has 0 aliphatic carbocycles. The first-order valence-electron chi connectivity index (χ1n) is 8.09. The van der Waals surface area contributed by atoms with Crippen molar-refractivity contribution in [1.82, 2.24) is 5.32 Å². The van der Waals surface area contributed by atoms with Gasteiger partial charge in [0, 0.05) is 24.8 Å². The van der Waals surface area contributed by atoms with E-state index < -0.39 is 0 Å². The largest absolute Gasteiger partial charge is 0.486 e. The molecule has 1 atom stereocenters. The Morgan fingerprint density at radius 3 is 2.76 bits per heavy atom. The van der Waals surface area contributed by atoms with E-state index in [1.807, 2.05) is 6.07 Å². The maximum absolute atomic E-state index is 5.91. The van der Waals surface area contributed by atoms with Gasteiger partial charge in [-0.2, -0.15) is 0 Å². The van der Waals surface area contributed by atoms with E-state index in [0.717, 1.165) is 50.5 Å². The molecule has 1 fully saturated rings. The summed E-state index contributed by atoms with van der Waals surface area (Å²) in [5.41, 5.74) is 1.24. The molecule has 1 aromatic carbocycles. The first-order valence-corrected chi connectivity index (χ1v) is 8.09. The lowest BCUT2D eigenvalue weighted by atomic mass is 9.86. The van der Waals surface area contributed by atoms with E-state index in [1.165, 1.54) is 5.56 Å². The highest BCUT2D eigenvalue weighted by Gasteiger charge is 2.29. The molecular formula is C17H25NO3. The van der Waals surface area contributed by atoms with Gasteiger partial charge >= 0.3 is 0 Å². The minimum atomic E-state index is 0.325. The molecule has 0 bridgehead atoms. The Balaban J connectivity index is 1.87. The lowest BCUT2D eigenvalue weighted by molar-refractivity contribution is 0.0528. The fourth-order valence-corrected chi connectivity index (χ4v) is 3.22. The van der Waals surface area contributed by atoms with Gasteiger partial charge in [-0.1, -0.05) is 19.1 Å². The molecule has 116 valence electrons. The van der Waals surface area contributed by atoms with Crippen LogP contribution in [0.4, 0.5) is 0 Å². The van der Waals surface area contributed by atoms with E-state index in [0.29, 0.717) is 25.2 Å². The van der Waals surface area contributed by atoms with Crippen molar-refractivity contribution in [3.8, 4) is 11.5 Å². The predicted molar refractivity (Wildman–Crippen MR) is 82.0 cm³/mol. The number of para-hydroxylation sites is 1. The van der Waals surface area contributed by atoms with Crippen molar-refractivity contribution in [2.24, 2.45) is 5.92 Å². The van der Waals surface area contributed by atoms with Gasteiger partial charge in [-0.05, 0) is 37.8 Å². The molecule has 1 saturated heterocycles. The van der Waals surface area contributed by atoms with Crippen molar-refractivity contribution in [2.75, 3.05) is 33.0 Å². The summed E-state index contributed by atoms with van der Waals surface area (Å²) in [6, 6.07) is 6.57. The van der Waals surface area contributed by atoms with Gasteiger partial charge in [-0.25, -0.2) is 0 Å². The van der Waals surface area contributed by atoms with Crippen LogP contribution in [0.15, 0.2) is 18.2 Å². The lowest BCUT2D eigenvalue weighted by Gasteiger charge is -2.33. The Hall–Kier alpha value is -1.26. The topological polar surface area (TPSA) is 39.7 Å². The van der Waals surface area contributed by atoms with Crippen molar-refractivity contribution in [3.63, 3.8) is 0 Å². The monoisotopic (exact) mass is 291 g/mol. The van der Waals surface area contributed by atoms with Crippen LogP contribution in [0.1, 0.15) is 37.8 Å². The molecule has 2 heterocycles. The van der Waals surface area contributed by atoms with Gasteiger partial charge in [0.25, 0.3) is 0 Å². The Morgan fingerprint density at radius 1 is 1.14 bits per heavy atom. The van der Waals surface area contributed by atoms with Crippen LogP contribution in [0.3, 0.4) is 0 Å². The van der Waals surface area contributed by atoms with E-state index in [2.05, 4.69) is 24.4 Å². The molecule has 1 unspecified atom stereocenters. The number of nitrogens with one attached hydrogen (secondary N) is 1. The molecule has 1 N–H and O–H groups in total. The zero-order valence-electron chi connectivity index (χ0n) is 12.8. The lowest BCUT2D eigenvalue weighted by Crippen LogP contribution is -2.33. The van der Waals surface area contributed by atoms with Crippen molar-refractivity contribution in [3.05, 3.63) is 23.8 Å². The minimum Gasteiger partial charge on any atom is -0.486 e. The van der Waals surface area contributed by atoms with Crippen LogP contribution in [0.25, 0.3) is 0 Å². The molecule has 4 nitrogen and oxygen atoms in total. The second-order valence-electron chi connectivity index (χ2n) is 5.75. The van der Waals surface area contributed by atoms with Crippen LogP contribution < -0.4 is 14.8 Å². The van der Waals surface area contributed by atoms with E-state index in [4.69, 9.17) is 14.2 Å². The molecule has 4 heteroatoms. The predicted octanol–water partition coefficient (Wildman–Crippen LogP) is 2.93. The summed E-state index contributed by atoms with van der Waals surface area (Å²) in [6.07, 6.45) is 3.34. The number of hydrogen-bond donors (Lipinski definition) is 1. The second kappa shape index (κ2) is 7.14.